The van der Waals surface area contributed by atoms with Crippen LogP contribution in [0, 0.1) is 5.41 Å². The Kier molecular flexibility index (Phi) is 5.54. The molecule has 0 saturated carbocycles. The maximum atomic E-state index is 13.1. The van der Waals surface area contributed by atoms with Gasteiger partial charge in [0.15, 0.2) is 0 Å². The molecule has 0 spiro atoms. The molecular weight excluding hydrogens is 344 g/mol. The van der Waals surface area contributed by atoms with E-state index in [-0.39, 0.29) is 11.3 Å². The molecule has 1 aliphatic rings. The molecule has 0 bridgehead atoms. The molecular formula is C25H26N2O. The molecule has 3 aromatic carbocycles. The zero-order valence-corrected chi connectivity index (χ0v) is 16.0. The Bertz CT molecular complexity index is 898. The van der Waals surface area contributed by atoms with Gasteiger partial charge in [-0.25, -0.2) is 0 Å². The normalized spacial score (nSPS) is 18.7. The van der Waals surface area contributed by atoms with E-state index in [0.29, 0.717) is 6.54 Å². The van der Waals surface area contributed by atoms with Crippen molar-refractivity contribution < 1.29 is 4.79 Å². The summed E-state index contributed by atoms with van der Waals surface area (Å²) in [5, 5.41) is 6.55. The highest BCUT2D eigenvalue weighted by atomic mass is 16.2. The minimum atomic E-state index is -0.372. The van der Waals surface area contributed by atoms with Gasteiger partial charge in [-0.05, 0) is 41.6 Å². The molecule has 3 nitrogen and oxygen atoms in total. The molecule has 3 heteroatoms. The van der Waals surface area contributed by atoms with Crippen molar-refractivity contribution >= 4 is 5.91 Å². The van der Waals surface area contributed by atoms with E-state index in [4.69, 9.17) is 0 Å². The molecule has 0 aliphatic carbocycles. The molecule has 1 fully saturated rings. The van der Waals surface area contributed by atoms with Gasteiger partial charge in [0.05, 0.1) is 5.41 Å². The van der Waals surface area contributed by atoms with Crippen molar-refractivity contribution in [3.63, 3.8) is 0 Å². The van der Waals surface area contributed by atoms with Crippen LogP contribution >= 0.6 is 0 Å². The van der Waals surface area contributed by atoms with E-state index in [1.165, 1.54) is 16.7 Å². The molecule has 0 unspecified atom stereocenters. The summed E-state index contributed by atoms with van der Waals surface area (Å²) in [6, 6.07) is 29.1. The zero-order chi connectivity index (χ0) is 19.2. The molecule has 1 heterocycles. The molecule has 4 rings (SSSR count). The van der Waals surface area contributed by atoms with Gasteiger partial charge in [0.2, 0.25) is 5.91 Å². The fourth-order valence-electron chi connectivity index (χ4n) is 3.97. The van der Waals surface area contributed by atoms with Crippen LogP contribution in [0.3, 0.4) is 0 Å². The van der Waals surface area contributed by atoms with Gasteiger partial charge in [0.1, 0.15) is 0 Å². The van der Waals surface area contributed by atoms with Crippen molar-refractivity contribution in [3.05, 3.63) is 96.1 Å². The van der Waals surface area contributed by atoms with Gasteiger partial charge in [-0.3, -0.25) is 4.79 Å². The number of nitrogens with one attached hydrogen (secondary N) is 2. The van der Waals surface area contributed by atoms with Crippen LogP contribution in [0.5, 0.6) is 0 Å². The fourth-order valence-corrected chi connectivity index (χ4v) is 3.97. The second-order valence-corrected chi connectivity index (χ2v) is 7.62. The third-order valence-corrected chi connectivity index (χ3v) is 5.62. The van der Waals surface area contributed by atoms with Gasteiger partial charge < -0.3 is 10.6 Å². The molecule has 3 aromatic rings. The highest BCUT2D eigenvalue weighted by Gasteiger charge is 2.41. The summed E-state index contributed by atoms with van der Waals surface area (Å²) in [6.45, 7) is 2.20. The number of hydrogen-bond donors (Lipinski definition) is 2. The minimum absolute atomic E-state index is 0.147. The molecule has 1 aliphatic heterocycles. The van der Waals surface area contributed by atoms with Gasteiger partial charge in [0, 0.05) is 13.1 Å². The quantitative estimate of drug-likeness (QED) is 0.683. The van der Waals surface area contributed by atoms with E-state index in [9.17, 15) is 4.79 Å². The van der Waals surface area contributed by atoms with Gasteiger partial charge >= 0.3 is 0 Å². The third-order valence-electron chi connectivity index (χ3n) is 5.62. The molecule has 1 saturated heterocycles. The summed E-state index contributed by atoms with van der Waals surface area (Å²) in [6.07, 6.45) is 1.63. The summed E-state index contributed by atoms with van der Waals surface area (Å²) >= 11 is 0. The predicted octanol–water partition coefficient (Wildman–Crippen LogP) is 4.19. The van der Waals surface area contributed by atoms with Gasteiger partial charge in [-0.2, -0.15) is 0 Å². The van der Waals surface area contributed by atoms with Crippen LogP contribution in [0.25, 0.3) is 11.1 Å². The second-order valence-electron chi connectivity index (χ2n) is 7.62. The highest BCUT2D eigenvalue weighted by Crippen LogP contribution is 2.31. The van der Waals surface area contributed by atoms with Crippen molar-refractivity contribution in [3.8, 4) is 11.1 Å². The number of rotatable bonds is 6. The van der Waals surface area contributed by atoms with Crippen LogP contribution in [-0.2, 0) is 17.8 Å². The lowest BCUT2D eigenvalue weighted by Gasteiger charge is -2.27. The number of benzene rings is 3. The van der Waals surface area contributed by atoms with Gasteiger partial charge in [0.25, 0.3) is 0 Å². The topological polar surface area (TPSA) is 41.1 Å². The Morgan fingerprint density at radius 2 is 1.46 bits per heavy atom. The maximum Gasteiger partial charge on any atom is 0.228 e. The van der Waals surface area contributed by atoms with Crippen molar-refractivity contribution in [2.75, 3.05) is 13.1 Å². The SMILES string of the molecule is O=C(NCc1ccccc1)[C@@]1(Cc2ccc(-c3ccccc3)cc2)CCNC1. The standard InChI is InChI=1S/C25H26N2O/c28-24(27-18-21-7-3-1-4-8-21)25(15-16-26-19-25)17-20-11-13-23(14-12-20)22-9-5-2-6-10-22/h1-14,26H,15-19H2,(H,27,28)/t25-/m1/s1. The molecule has 28 heavy (non-hydrogen) atoms. The van der Waals surface area contributed by atoms with Gasteiger partial charge in [-0.15, -0.1) is 0 Å². The van der Waals surface area contributed by atoms with E-state index >= 15 is 0 Å². The Morgan fingerprint density at radius 3 is 2.11 bits per heavy atom. The maximum absolute atomic E-state index is 13.1. The molecule has 2 N–H and O–H groups in total. The summed E-state index contributed by atoms with van der Waals surface area (Å²) in [7, 11) is 0. The molecule has 1 amide bonds. The van der Waals surface area contributed by atoms with E-state index in [1.54, 1.807) is 0 Å². The van der Waals surface area contributed by atoms with E-state index in [1.807, 2.05) is 36.4 Å². The first-order chi connectivity index (χ1) is 13.8. The van der Waals surface area contributed by atoms with E-state index in [0.717, 1.165) is 31.5 Å². The zero-order valence-electron chi connectivity index (χ0n) is 16.0. The largest absolute Gasteiger partial charge is 0.351 e. The Labute approximate surface area is 166 Å². The van der Waals surface area contributed by atoms with Crippen molar-refractivity contribution in [2.45, 2.75) is 19.4 Å². The summed E-state index contributed by atoms with van der Waals surface area (Å²) in [5.41, 5.74) is 4.38. The first kappa shape index (κ1) is 18.5. The number of hydrogen-bond acceptors (Lipinski definition) is 2. The lowest BCUT2D eigenvalue weighted by molar-refractivity contribution is -0.130. The summed E-state index contributed by atoms with van der Waals surface area (Å²) < 4.78 is 0. The van der Waals surface area contributed by atoms with Crippen LogP contribution in [-0.4, -0.2) is 19.0 Å². The predicted molar refractivity (Wildman–Crippen MR) is 114 cm³/mol. The lowest BCUT2D eigenvalue weighted by Crippen LogP contribution is -2.43. The molecule has 0 radical (unpaired) electrons. The average Bonchev–Trinajstić information content (AvgIpc) is 3.24. The monoisotopic (exact) mass is 370 g/mol. The number of amides is 1. The Balaban J connectivity index is 1.46. The minimum Gasteiger partial charge on any atom is -0.351 e. The number of carbonyl (C=O) groups is 1. The fraction of sp³-hybridized carbons (Fsp3) is 0.240. The van der Waals surface area contributed by atoms with Crippen molar-refractivity contribution in [1.29, 1.82) is 0 Å². The summed E-state index contributed by atoms with van der Waals surface area (Å²) in [5.74, 6) is 0.147. The highest BCUT2D eigenvalue weighted by molar-refractivity contribution is 5.83. The first-order valence-electron chi connectivity index (χ1n) is 9.93. The van der Waals surface area contributed by atoms with Crippen LogP contribution in [0.1, 0.15) is 17.5 Å². The molecule has 142 valence electrons. The smallest absolute Gasteiger partial charge is 0.228 e. The summed E-state index contributed by atoms with van der Waals surface area (Å²) in [4.78, 5) is 13.1. The van der Waals surface area contributed by atoms with Crippen LogP contribution < -0.4 is 10.6 Å². The van der Waals surface area contributed by atoms with Crippen LogP contribution in [0.4, 0.5) is 0 Å². The average molecular weight is 370 g/mol. The number of carbonyl (C=O) groups excluding carboxylic acids is 1. The van der Waals surface area contributed by atoms with E-state index < -0.39 is 0 Å². The van der Waals surface area contributed by atoms with Crippen LogP contribution in [0.2, 0.25) is 0 Å². The Hall–Kier alpha value is -2.91. The van der Waals surface area contributed by atoms with Crippen molar-refractivity contribution in [2.24, 2.45) is 5.41 Å². The third kappa shape index (κ3) is 4.15. The lowest BCUT2D eigenvalue weighted by atomic mass is 9.79. The van der Waals surface area contributed by atoms with Crippen molar-refractivity contribution in [1.82, 2.24) is 10.6 Å². The molecule has 1 atom stereocenters. The van der Waals surface area contributed by atoms with Gasteiger partial charge in [-0.1, -0.05) is 84.9 Å². The van der Waals surface area contributed by atoms with E-state index in [2.05, 4.69) is 59.2 Å². The second kappa shape index (κ2) is 8.41. The Morgan fingerprint density at radius 1 is 0.821 bits per heavy atom. The van der Waals surface area contributed by atoms with Crippen LogP contribution in [0.15, 0.2) is 84.9 Å². The first-order valence-corrected chi connectivity index (χ1v) is 9.93. The molecule has 0 aromatic heterocycles.